The lowest BCUT2D eigenvalue weighted by atomic mass is 9.79. The molecule has 2 aromatic rings. The molecule has 1 aromatic carbocycles. The molecule has 1 aliphatic carbocycles. The third-order valence-electron chi connectivity index (χ3n) is 5.53. The fourth-order valence-corrected chi connectivity index (χ4v) is 3.97. The Hall–Kier alpha value is -2.56. The van der Waals surface area contributed by atoms with Crippen molar-refractivity contribution in [2.45, 2.75) is 44.4 Å². The zero-order valence-corrected chi connectivity index (χ0v) is 17.1. The van der Waals surface area contributed by atoms with Gasteiger partial charge < -0.3 is 15.4 Å². The number of guanidine groups is 1. The van der Waals surface area contributed by atoms with Gasteiger partial charge in [0, 0.05) is 36.8 Å². The summed E-state index contributed by atoms with van der Waals surface area (Å²) in [4.78, 5) is 9.35. The van der Waals surface area contributed by atoms with Gasteiger partial charge in [-0.25, -0.2) is 0 Å². The molecule has 0 atom stereocenters. The zero-order chi connectivity index (χ0) is 19.7. The second-order valence-corrected chi connectivity index (χ2v) is 7.41. The van der Waals surface area contributed by atoms with E-state index in [4.69, 9.17) is 9.73 Å². The molecule has 0 saturated heterocycles. The highest BCUT2D eigenvalue weighted by molar-refractivity contribution is 5.79. The molecule has 1 aromatic heterocycles. The van der Waals surface area contributed by atoms with Gasteiger partial charge in [0.2, 0.25) is 0 Å². The number of rotatable bonds is 8. The Balaban J connectivity index is 1.68. The molecule has 1 aliphatic rings. The van der Waals surface area contributed by atoms with Crippen molar-refractivity contribution < 1.29 is 4.74 Å². The average Bonchev–Trinajstić information content (AvgIpc) is 3.23. The largest absolute Gasteiger partial charge is 0.497 e. The quantitative estimate of drug-likeness (QED) is 0.542. The number of pyridine rings is 1. The molecule has 5 heteroatoms. The fraction of sp³-hybridized carbons (Fsp3) is 0.478. The van der Waals surface area contributed by atoms with Crippen molar-refractivity contribution >= 4 is 5.96 Å². The number of hydrogen-bond acceptors (Lipinski definition) is 3. The lowest BCUT2D eigenvalue weighted by Crippen LogP contribution is -2.39. The monoisotopic (exact) mass is 380 g/mol. The highest BCUT2D eigenvalue weighted by Gasteiger charge is 2.35. The minimum atomic E-state index is 0.109. The van der Waals surface area contributed by atoms with E-state index in [1.807, 2.05) is 24.4 Å². The van der Waals surface area contributed by atoms with Crippen LogP contribution in [0.25, 0.3) is 0 Å². The lowest BCUT2D eigenvalue weighted by Gasteiger charge is -2.28. The first kappa shape index (κ1) is 20.2. The van der Waals surface area contributed by atoms with Crippen LogP contribution in [0.15, 0.2) is 53.7 Å². The van der Waals surface area contributed by atoms with Crippen molar-refractivity contribution in [3.8, 4) is 5.75 Å². The summed E-state index contributed by atoms with van der Waals surface area (Å²) >= 11 is 0. The molecule has 0 amide bonds. The predicted octanol–water partition coefficient (Wildman–Crippen LogP) is 3.70. The van der Waals surface area contributed by atoms with Crippen LogP contribution in [0.3, 0.4) is 0 Å². The van der Waals surface area contributed by atoms with Crippen LogP contribution in [0.1, 0.15) is 43.9 Å². The summed E-state index contributed by atoms with van der Waals surface area (Å²) in [6.07, 6.45) is 7.60. The Morgan fingerprint density at radius 1 is 1.14 bits per heavy atom. The third kappa shape index (κ3) is 5.24. The molecule has 28 heavy (non-hydrogen) atoms. The number of benzene rings is 1. The minimum absolute atomic E-state index is 0.109. The molecule has 5 nitrogen and oxygen atoms in total. The summed E-state index contributed by atoms with van der Waals surface area (Å²) in [6, 6.07) is 14.5. The standard InChI is InChI=1S/C23H32N4O/c1-3-24-22(26-16-12-20-10-4-7-15-25-20)27-18-23(13-5-6-14-23)19-9-8-11-21(17-19)28-2/h4,7-11,15,17H,3,5-6,12-14,16,18H2,1-2H3,(H2,24,26,27). The van der Waals surface area contributed by atoms with Gasteiger partial charge in [-0.15, -0.1) is 0 Å². The van der Waals surface area contributed by atoms with E-state index >= 15 is 0 Å². The van der Waals surface area contributed by atoms with Crippen molar-refractivity contribution in [1.82, 2.24) is 15.6 Å². The maximum Gasteiger partial charge on any atom is 0.191 e. The molecule has 1 heterocycles. The van der Waals surface area contributed by atoms with Crippen molar-refractivity contribution in [3.63, 3.8) is 0 Å². The van der Waals surface area contributed by atoms with E-state index in [2.05, 4.69) is 46.8 Å². The van der Waals surface area contributed by atoms with Crippen LogP contribution in [-0.2, 0) is 11.8 Å². The number of ether oxygens (including phenoxy) is 1. The molecular formula is C23H32N4O. The molecule has 1 fully saturated rings. The normalized spacial score (nSPS) is 16.0. The van der Waals surface area contributed by atoms with E-state index in [9.17, 15) is 0 Å². The zero-order valence-electron chi connectivity index (χ0n) is 17.1. The van der Waals surface area contributed by atoms with Crippen LogP contribution in [0.4, 0.5) is 0 Å². The van der Waals surface area contributed by atoms with Gasteiger partial charge in [-0.2, -0.15) is 0 Å². The van der Waals surface area contributed by atoms with Crippen molar-refractivity contribution in [2.24, 2.45) is 4.99 Å². The first-order valence-electron chi connectivity index (χ1n) is 10.3. The van der Waals surface area contributed by atoms with Crippen LogP contribution in [-0.4, -0.2) is 37.7 Å². The molecule has 0 unspecified atom stereocenters. The van der Waals surface area contributed by atoms with Crippen LogP contribution >= 0.6 is 0 Å². The highest BCUT2D eigenvalue weighted by Crippen LogP contribution is 2.42. The van der Waals surface area contributed by atoms with E-state index in [0.29, 0.717) is 0 Å². The van der Waals surface area contributed by atoms with Gasteiger partial charge in [0.05, 0.1) is 13.7 Å². The topological polar surface area (TPSA) is 58.5 Å². The first-order valence-corrected chi connectivity index (χ1v) is 10.3. The second kappa shape index (κ2) is 10.1. The SMILES string of the molecule is CCNC(=NCC1(c2cccc(OC)c2)CCCC1)NCCc1ccccn1. The van der Waals surface area contributed by atoms with Crippen LogP contribution in [0.2, 0.25) is 0 Å². The molecule has 150 valence electrons. The molecule has 3 rings (SSSR count). The van der Waals surface area contributed by atoms with Crippen molar-refractivity contribution in [3.05, 3.63) is 59.9 Å². The van der Waals surface area contributed by atoms with Crippen molar-refractivity contribution in [2.75, 3.05) is 26.7 Å². The Morgan fingerprint density at radius 2 is 2.00 bits per heavy atom. The highest BCUT2D eigenvalue weighted by atomic mass is 16.5. The number of nitrogens with zero attached hydrogens (tertiary/aromatic N) is 2. The van der Waals surface area contributed by atoms with E-state index in [1.165, 1.54) is 31.2 Å². The Bertz CT molecular complexity index is 754. The minimum Gasteiger partial charge on any atom is -0.497 e. The molecule has 2 N–H and O–H groups in total. The summed E-state index contributed by atoms with van der Waals surface area (Å²) in [5.41, 5.74) is 2.55. The maximum absolute atomic E-state index is 5.45. The summed E-state index contributed by atoms with van der Waals surface area (Å²) in [5.74, 6) is 1.81. The summed E-state index contributed by atoms with van der Waals surface area (Å²) < 4.78 is 5.45. The third-order valence-corrected chi connectivity index (χ3v) is 5.53. The summed E-state index contributed by atoms with van der Waals surface area (Å²) in [7, 11) is 1.73. The number of methoxy groups -OCH3 is 1. The summed E-state index contributed by atoms with van der Waals surface area (Å²) in [5, 5.41) is 6.84. The maximum atomic E-state index is 5.45. The number of nitrogens with one attached hydrogen (secondary N) is 2. The van der Waals surface area contributed by atoms with E-state index in [-0.39, 0.29) is 5.41 Å². The Morgan fingerprint density at radius 3 is 2.71 bits per heavy atom. The van der Waals surface area contributed by atoms with Gasteiger partial charge in [-0.05, 0) is 49.6 Å². The first-order chi connectivity index (χ1) is 13.8. The van der Waals surface area contributed by atoms with Gasteiger partial charge in [-0.1, -0.05) is 31.0 Å². The van der Waals surface area contributed by atoms with Gasteiger partial charge in [0.15, 0.2) is 5.96 Å². The number of hydrogen-bond donors (Lipinski definition) is 2. The van der Waals surface area contributed by atoms with Crippen LogP contribution in [0.5, 0.6) is 5.75 Å². The van der Waals surface area contributed by atoms with E-state index in [0.717, 1.165) is 43.5 Å². The molecule has 0 spiro atoms. The molecule has 0 bridgehead atoms. The van der Waals surface area contributed by atoms with Crippen LogP contribution < -0.4 is 15.4 Å². The summed E-state index contributed by atoms with van der Waals surface area (Å²) in [6.45, 7) is 4.55. The predicted molar refractivity (Wildman–Crippen MR) is 115 cm³/mol. The van der Waals surface area contributed by atoms with Crippen LogP contribution in [0, 0.1) is 0 Å². The molecule has 0 aliphatic heterocycles. The second-order valence-electron chi connectivity index (χ2n) is 7.41. The fourth-order valence-electron chi connectivity index (χ4n) is 3.97. The Kier molecular flexibility index (Phi) is 7.29. The van der Waals surface area contributed by atoms with Gasteiger partial charge >= 0.3 is 0 Å². The van der Waals surface area contributed by atoms with E-state index in [1.54, 1.807) is 7.11 Å². The van der Waals surface area contributed by atoms with Gasteiger partial charge in [0.25, 0.3) is 0 Å². The lowest BCUT2D eigenvalue weighted by molar-refractivity contribution is 0.407. The Labute approximate surface area is 168 Å². The molecule has 0 radical (unpaired) electrons. The average molecular weight is 381 g/mol. The molecular weight excluding hydrogens is 348 g/mol. The molecule has 1 saturated carbocycles. The number of aromatic nitrogens is 1. The van der Waals surface area contributed by atoms with Gasteiger partial charge in [-0.3, -0.25) is 9.98 Å². The number of aliphatic imine (C=N–C) groups is 1. The van der Waals surface area contributed by atoms with Gasteiger partial charge in [0.1, 0.15) is 5.75 Å². The van der Waals surface area contributed by atoms with E-state index < -0.39 is 0 Å². The van der Waals surface area contributed by atoms with Crippen molar-refractivity contribution in [1.29, 1.82) is 0 Å². The smallest absolute Gasteiger partial charge is 0.191 e.